The fourth-order valence-corrected chi connectivity index (χ4v) is 4.35. The molecule has 142 valence electrons. The van der Waals surface area contributed by atoms with Crippen molar-refractivity contribution in [2.45, 2.75) is 31.8 Å². The van der Waals surface area contributed by atoms with Gasteiger partial charge in [-0.15, -0.1) is 0 Å². The quantitative estimate of drug-likeness (QED) is 0.871. The van der Waals surface area contributed by atoms with Crippen molar-refractivity contribution in [1.82, 2.24) is 15.6 Å². The zero-order valence-electron chi connectivity index (χ0n) is 15.5. The van der Waals surface area contributed by atoms with Gasteiger partial charge in [0.2, 0.25) is 0 Å². The van der Waals surface area contributed by atoms with Crippen molar-refractivity contribution in [2.24, 2.45) is 5.41 Å². The minimum atomic E-state index is -0.185. The molecule has 6 heteroatoms. The van der Waals surface area contributed by atoms with Crippen LogP contribution in [0.25, 0.3) is 0 Å². The van der Waals surface area contributed by atoms with Crippen LogP contribution >= 0.6 is 0 Å². The maximum atomic E-state index is 12.7. The van der Waals surface area contributed by atoms with Crippen LogP contribution in [0.4, 0.5) is 4.79 Å². The van der Waals surface area contributed by atoms with Crippen molar-refractivity contribution >= 4 is 6.03 Å². The van der Waals surface area contributed by atoms with E-state index < -0.39 is 0 Å². The number of carbonyl (C=O) groups excluding carboxylic acids is 1. The summed E-state index contributed by atoms with van der Waals surface area (Å²) >= 11 is 0. The SMILES string of the molecule is COc1cccnc1CNC(=O)NC1c2ccccc2CC12CCOCC2. The lowest BCUT2D eigenvalue weighted by Gasteiger charge is -2.39. The molecular weight excluding hydrogens is 342 g/mol. The zero-order valence-corrected chi connectivity index (χ0v) is 15.5. The highest BCUT2D eigenvalue weighted by molar-refractivity contribution is 5.75. The number of amides is 2. The fourth-order valence-electron chi connectivity index (χ4n) is 4.35. The number of pyridine rings is 1. The molecule has 1 spiro atoms. The minimum absolute atomic E-state index is 0.00299. The third-order valence-corrected chi connectivity index (χ3v) is 5.77. The van der Waals surface area contributed by atoms with Crippen LogP contribution in [0.3, 0.4) is 0 Å². The average molecular weight is 367 g/mol. The summed E-state index contributed by atoms with van der Waals surface area (Å²) in [6, 6.07) is 11.9. The van der Waals surface area contributed by atoms with Gasteiger partial charge in [-0.2, -0.15) is 0 Å². The average Bonchev–Trinajstić information content (AvgIpc) is 2.99. The highest BCUT2D eigenvalue weighted by Crippen LogP contribution is 2.51. The number of hydrogen-bond acceptors (Lipinski definition) is 4. The van der Waals surface area contributed by atoms with Gasteiger partial charge in [0.05, 0.1) is 19.7 Å². The predicted molar refractivity (Wildman–Crippen MR) is 102 cm³/mol. The third kappa shape index (κ3) is 3.49. The molecule has 0 radical (unpaired) electrons. The Morgan fingerprint density at radius 1 is 1.26 bits per heavy atom. The summed E-state index contributed by atoms with van der Waals surface area (Å²) in [5.74, 6) is 0.671. The number of ether oxygens (including phenoxy) is 2. The molecule has 1 unspecified atom stereocenters. The Morgan fingerprint density at radius 3 is 2.89 bits per heavy atom. The topological polar surface area (TPSA) is 72.5 Å². The molecule has 1 saturated heterocycles. The Hall–Kier alpha value is -2.60. The second-order valence-corrected chi connectivity index (χ2v) is 7.26. The molecule has 1 atom stereocenters. The Labute approximate surface area is 159 Å². The van der Waals surface area contributed by atoms with Gasteiger partial charge >= 0.3 is 6.03 Å². The maximum Gasteiger partial charge on any atom is 0.315 e. The van der Waals surface area contributed by atoms with Gasteiger partial charge < -0.3 is 20.1 Å². The van der Waals surface area contributed by atoms with Crippen LogP contribution in [0.5, 0.6) is 5.75 Å². The van der Waals surface area contributed by atoms with Gasteiger partial charge in [0.25, 0.3) is 0 Å². The number of rotatable bonds is 4. The first-order valence-corrected chi connectivity index (χ1v) is 9.40. The van der Waals surface area contributed by atoms with E-state index in [9.17, 15) is 4.79 Å². The fraction of sp³-hybridized carbons (Fsp3) is 0.429. The lowest BCUT2D eigenvalue weighted by molar-refractivity contribution is 0.00213. The highest BCUT2D eigenvalue weighted by Gasteiger charge is 2.47. The van der Waals surface area contributed by atoms with Crippen molar-refractivity contribution in [3.63, 3.8) is 0 Å². The third-order valence-electron chi connectivity index (χ3n) is 5.77. The number of methoxy groups -OCH3 is 1. The Morgan fingerprint density at radius 2 is 2.07 bits per heavy atom. The summed E-state index contributed by atoms with van der Waals surface area (Å²) in [5, 5.41) is 6.16. The number of carbonyl (C=O) groups is 1. The van der Waals surface area contributed by atoms with Crippen LogP contribution in [-0.4, -0.2) is 31.3 Å². The van der Waals surface area contributed by atoms with Crippen LogP contribution in [-0.2, 0) is 17.7 Å². The Kier molecular flexibility index (Phi) is 4.99. The molecule has 1 aliphatic heterocycles. The normalized spacial score (nSPS) is 20.1. The van der Waals surface area contributed by atoms with Gasteiger partial charge in [0, 0.05) is 24.8 Å². The molecule has 2 aliphatic rings. The lowest BCUT2D eigenvalue weighted by atomic mass is 9.74. The number of benzene rings is 1. The minimum Gasteiger partial charge on any atom is -0.495 e. The highest BCUT2D eigenvalue weighted by atomic mass is 16.5. The molecule has 1 aliphatic carbocycles. The Bertz CT molecular complexity index is 818. The number of nitrogens with one attached hydrogen (secondary N) is 2. The number of nitrogens with zero attached hydrogens (tertiary/aromatic N) is 1. The number of fused-ring (bicyclic) bond motifs is 1. The molecule has 2 aromatic rings. The van der Waals surface area contributed by atoms with Crippen LogP contribution in [0, 0.1) is 5.41 Å². The van der Waals surface area contributed by atoms with Crippen molar-refractivity contribution in [3.05, 3.63) is 59.4 Å². The molecular formula is C21H25N3O3. The predicted octanol–water partition coefficient (Wildman–Crippen LogP) is 2.98. The summed E-state index contributed by atoms with van der Waals surface area (Å²) < 4.78 is 10.9. The molecule has 1 fully saturated rings. The van der Waals surface area contributed by atoms with Gasteiger partial charge in [-0.1, -0.05) is 24.3 Å². The monoisotopic (exact) mass is 367 g/mol. The zero-order chi connectivity index (χ0) is 18.7. The molecule has 27 heavy (non-hydrogen) atoms. The van der Waals surface area contributed by atoms with Gasteiger partial charge in [0.15, 0.2) is 0 Å². The van der Waals surface area contributed by atoms with E-state index in [1.807, 2.05) is 18.2 Å². The molecule has 6 nitrogen and oxygen atoms in total. The second-order valence-electron chi connectivity index (χ2n) is 7.26. The van der Waals surface area contributed by atoms with E-state index in [0.29, 0.717) is 18.0 Å². The van der Waals surface area contributed by atoms with Gasteiger partial charge in [-0.25, -0.2) is 4.79 Å². The number of hydrogen-bond donors (Lipinski definition) is 2. The van der Waals surface area contributed by atoms with E-state index in [1.165, 1.54) is 11.1 Å². The largest absolute Gasteiger partial charge is 0.495 e. The van der Waals surface area contributed by atoms with Crippen LogP contribution in [0.2, 0.25) is 0 Å². The summed E-state index contributed by atoms with van der Waals surface area (Å²) in [7, 11) is 1.60. The summed E-state index contributed by atoms with van der Waals surface area (Å²) in [6.07, 6.45) is 4.61. The first-order valence-electron chi connectivity index (χ1n) is 9.40. The van der Waals surface area contributed by atoms with Gasteiger partial charge in [-0.3, -0.25) is 4.98 Å². The molecule has 4 rings (SSSR count). The first kappa shape index (κ1) is 17.8. The standard InChI is InChI=1S/C21H25N3O3/c1-26-18-7-4-10-22-17(18)14-23-20(25)24-19-16-6-3-2-5-15(16)13-21(19)8-11-27-12-9-21/h2-7,10,19H,8-9,11-14H2,1H3,(H2,23,24,25). The number of urea groups is 1. The number of aromatic nitrogens is 1. The van der Waals surface area contributed by atoms with Gasteiger partial charge in [-0.05, 0) is 42.5 Å². The molecule has 2 N–H and O–H groups in total. The molecule has 2 amide bonds. The second kappa shape index (κ2) is 7.56. The molecule has 1 aromatic carbocycles. The molecule has 0 bridgehead atoms. The van der Waals surface area contributed by atoms with Crippen LogP contribution in [0.15, 0.2) is 42.6 Å². The van der Waals surface area contributed by atoms with E-state index in [2.05, 4.69) is 33.8 Å². The smallest absolute Gasteiger partial charge is 0.315 e. The summed E-state index contributed by atoms with van der Waals surface area (Å²) in [5.41, 5.74) is 3.31. The molecule has 1 aromatic heterocycles. The maximum absolute atomic E-state index is 12.7. The van der Waals surface area contributed by atoms with Crippen molar-refractivity contribution in [3.8, 4) is 5.75 Å². The lowest BCUT2D eigenvalue weighted by Crippen LogP contribution is -2.45. The van der Waals surface area contributed by atoms with Crippen molar-refractivity contribution in [1.29, 1.82) is 0 Å². The summed E-state index contributed by atoms with van der Waals surface area (Å²) in [6.45, 7) is 1.82. The Balaban J connectivity index is 1.48. The van der Waals surface area contributed by atoms with E-state index in [-0.39, 0.29) is 17.5 Å². The van der Waals surface area contributed by atoms with E-state index in [4.69, 9.17) is 9.47 Å². The van der Waals surface area contributed by atoms with E-state index >= 15 is 0 Å². The van der Waals surface area contributed by atoms with Gasteiger partial charge in [0.1, 0.15) is 11.4 Å². The van der Waals surface area contributed by atoms with Crippen LogP contribution < -0.4 is 15.4 Å². The first-order chi connectivity index (χ1) is 13.2. The van der Waals surface area contributed by atoms with E-state index in [0.717, 1.165) is 32.5 Å². The van der Waals surface area contributed by atoms with Crippen LogP contribution in [0.1, 0.15) is 35.7 Å². The molecule has 2 heterocycles. The van der Waals surface area contributed by atoms with Crippen molar-refractivity contribution in [2.75, 3.05) is 20.3 Å². The molecule has 0 saturated carbocycles. The van der Waals surface area contributed by atoms with E-state index in [1.54, 1.807) is 13.3 Å². The van der Waals surface area contributed by atoms with Crippen molar-refractivity contribution < 1.29 is 14.3 Å². The summed E-state index contributed by atoms with van der Waals surface area (Å²) in [4.78, 5) is 17.0.